The molecule has 7 nitrogen and oxygen atoms in total. The molecule has 0 radical (unpaired) electrons. The van der Waals surface area contributed by atoms with Gasteiger partial charge in [0.05, 0.1) is 15.4 Å². The second-order valence-electron chi connectivity index (χ2n) is 8.28. The molecule has 4 rings (SSSR count). The van der Waals surface area contributed by atoms with E-state index in [0.717, 1.165) is 27.5 Å². The van der Waals surface area contributed by atoms with Gasteiger partial charge >= 0.3 is 0 Å². The van der Waals surface area contributed by atoms with Gasteiger partial charge in [-0.05, 0) is 50.5 Å². The van der Waals surface area contributed by atoms with E-state index in [0.29, 0.717) is 35.4 Å². The molecule has 1 aliphatic carbocycles. The molecule has 0 unspecified atom stereocenters. The van der Waals surface area contributed by atoms with E-state index < -0.39 is 0 Å². The highest BCUT2D eigenvalue weighted by atomic mass is 35.5. The minimum absolute atomic E-state index is 0.0197. The lowest BCUT2D eigenvalue weighted by atomic mass is 10.1. The van der Waals surface area contributed by atoms with Crippen molar-refractivity contribution in [2.24, 2.45) is 5.92 Å². The van der Waals surface area contributed by atoms with E-state index in [1.54, 1.807) is 22.1 Å². The standard InChI is InChI=1S/C23H25ClN4O3S2/c1-4-19(29)28-8-7-27(12-14(28)3)22(31)16-10-18(17(24)9-13(16)2)32-20-11-25-23(33-20)26-21(30)15-5-6-15/h4,9-11,14-15H,1,5-8,12H2,2-3H3,(H,25,26,30)/t14-/m1/s1. The smallest absolute Gasteiger partial charge is 0.254 e. The van der Waals surface area contributed by atoms with Crippen molar-refractivity contribution in [2.75, 3.05) is 25.0 Å². The largest absolute Gasteiger partial charge is 0.335 e. The van der Waals surface area contributed by atoms with Crippen molar-refractivity contribution >= 4 is 57.6 Å². The molecular weight excluding hydrogens is 480 g/mol. The Morgan fingerprint density at radius 3 is 2.73 bits per heavy atom. The van der Waals surface area contributed by atoms with Gasteiger partial charge in [-0.1, -0.05) is 41.3 Å². The lowest BCUT2D eigenvalue weighted by Crippen LogP contribution is -2.55. The van der Waals surface area contributed by atoms with E-state index in [1.165, 1.54) is 29.2 Å². The molecule has 1 aromatic heterocycles. The molecule has 0 spiro atoms. The maximum Gasteiger partial charge on any atom is 0.254 e. The summed E-state index contributed by atoms with van der Waals surface area (Å²) in [5, 5.41) is 3.97. The third kappa shape index (κ3) is 5.42. The monoisotopic (exact) mass is 504 g/mol. The fraction of sp³-hybridized carbons (Fsp3) is 0.391. The first kappa shape index (κ1) is 23.8. The van der Waals surface area contributed by atoms with Gasteiger partial charge in [0.2, 0.25) is 11.8 Å². The van der Waals surface area contributed by atoms with Crippen LogP contribution >= 0.6 is 34.7 Å². The van der Waals surface area contributed by atoms with Crippen molar-refractivity contribution in [3.8, 4) is 0 Å². The molecule has 33 heavy (non-hydrogen) atoms. The van der Waals surface area contributed by atoms with Crippen LogP contribution in [0.15, 0.2) is 40.1 Å². The van der Waals surface area contributed by atoms with Crippen molar-refractivity contribution in [2.45, 2.75) is 41.8 Å². The summed E-state index contributed by atoms with van der Waals surface area (Å²) in [4.78, 5) is 45.8. The van der Waals surface area contributed by atoms with Crippen LogP contribution in [0.25, 0.3) is 0 Å². The zero-order valence-corrected chi connectivity index (χ0v) is 20.9. The normalized spacial score (nSPS) is 18.2. The summed E-state index contributed by atoms with van der Waals surface area (Å²) < 4.78 is 0.871. The first-order chi connectivity index (χ1) is 15.8. The Hall–Kier alpha value is -2.36. The fourth-order valence-electron chi connectivity index (χ4n) is 3.74. The molecule has 10 heteroatoms. The van der Waals surface area contributed by atoms with Crippen molar-refractivity contribution in [1.29, 1.82) is 0 Å². The number of hydrogen-bond donors (Lipinski definition) is 1. The highest BCUT2D eigenvalue weighted by Crippen LogP contribution is 2.39. The van der Waals surface area contributed by atoms with Gasteiger partial charge in [0.15, 0.2) is 5.13 Å². The number of rotatable bonds is 6. The number of thiazole rings is 1. The van der Waals surface area contributed by atoms with Crippen molar-refractivity contribution in [3.63, 3.8) is 0 Å². The summed E-state index contributed by atoms with van der Waals surface area (Å²) in [6, 6.07) is 3.53. The van der Waals surface area contributed by atoms with Crippen LogP contribution in [0.3, 0.4) is 0 Å². The number of aromatic nitrogens is 1. The second-order valence-corrected chi connectivity index (χ2v) is 11.1. The molecule has 1 atom stereocenters. The van der Waals surface area contributed by atoms with Crippen LogP contribution in [0.4, 0.5) is 5.13 Å². The number of hydrogen-bond acceptors (Lipinski definition) is 6. The first-order valence-corrected chi connectivity index (χ1v) is 12.7. The molecule has 2 aromatic rings. The van der Waals surface area contributed by atoms with Crippen molar-refractivity contribution in [1.82, 2.24) is 14.8 Å². The van der Waals surface area contributed by atoms with Crippen LogP contribution in [0, 0.1) is 12.8 Å². The average Bonchev–Trinajstić information content (AvgIpc) is 3.55. The summed E-state index contributed by atoms with van der Waals surface area (Å²) in [5.74, 6) is -0.0608. The number of carbonyl (C=O) groups excluding carboxylic acids is 3. The molecule has 174 valence electrons. The topological polar surface area (TPSA) is 82.6 Å². The Labute approximate surface area is 206 Å². The van der Waals surface area contributed by atoms with Crippen molar-refractivity contribution in [3.05, 3.63) is 47.1 Å². The van der Waals surface area contributed by atoms with Crippen LogP contribution in [0.5, 0.6) is 0 Å². The molecule has 0 bridgehead atoms. The van der Waals surface area contributed by atoms with Crippen molar-refractivity contribution < 1.29 is 14.4 Å². The quantitative estimate of drug-likeness (QED) is 0.587. The Morgan fingerprint density at radius 2 is 2.06 bits per heavy atom. The molecule has 2 heterocycles. The zero-order valence-electron chi connectivity index (χ0n) is 18.5. The highest BCUT2D eigenvalue weighted by Gasteiger charge is 2.31. The second kappa shape index (κ2) is 9.87. The number of benzene rings is 1. The Balaban J connectivity index is 1.47. The predicted molar refractivity (Wildman–Crippen MR) is 131 cm³/mol. The van der Waals surface area contributed by atoms with Gasteiger partial charge in [0, 0.05) is 42.1 Å². The van der Waals surface area contributed by atoms with Gasteiger partial charge in [0.25, 0.3) is 5.91 Å². The third-order valence-electron chi connectivity index (χ3n) is 5.76. The molecule has 1 N–H and O–H groups in total. The van der Waals surface area contributed by atoms with Crippen LogP contribution in [-0.4, -0.2) is 58.2 Å². The summed E-state index contributed by atoms with van der Waals surface area (Å²) >= 11 is 9.29. The number of nitrogens with zero attached hydrogens (tertiary/aromatic N) is 3. The first-order valence-electron chi connectivity index (χ1n) is 10.7. The number of piperazine rings is 1. The lowest BCUT2D eigenvalue weighted by molar-refractivity contribution is -0.129. The van der Waals surface area contributed by atoms with E-state index in [4.69, 9.17) is 11.6 Å². The molecule has 1 aromatic carbocycles. The minimum Gasteiger partial charge on any atom is -0.335 e. The molecule has 1 saturated heterocycles. The van der Waals surface area contributed by atoms with Crippen LogP contribution in [0.1, 0.15) is 35.7 Å². The van der Waals surface area contributed by atoms with E-state index in [9.17, 15) is 14.4 Å². The predicted octanol–water partition coefficient (Wildman–Crippen LogP) is 4.46. The third-order valence-corrected chi connectivity index (χ3v) is 8.25. The number of carbonyl (C=O) groups is 3. The summed E-state index contributed by atoms with van der Waals surface area (Å²) in [7, 11) is 0. The zero-order chi connectivity index (χ0) is 23.7. The van der Waals surface area contributed by atoms with Gasteiger partial charge in [-0.15, -0.1) is 0 Å². The Bertz CT molecular complexity index is 1120. The van der Waals surface area contributed by atoms with E-state index >= 15 is 0 Å². The highest BCUT2D eigenvalue weighted by molar-refractivity contribution is 8.01. The maximum absolute atomic E-state index is 13.3. The summed E-state index contributed by atoms with van der Waals surface area (Å²) in [6.07, 6.45) is 4.88. The van der Waals surface area contributed by atoms with E-state index in [2.05, 4.69) is 16.9 Å². The number of nitrogens with one attached hydrogen (secondary N) is 1. The van der Waals surface area contributed by atoms with E-state index in [-0.39, 0.29) is 29.7 Å². The number of amides is 3. The molecular formula is C23H25ClN4O3S2. The molecule has 1 saturated carbocycles. The maximum atomic E-state index is 13.3. The average molecular weight is 505 g/mol. The number of anilines is 1. The fourth-order valence-corrected chi connectivity index (χ4v) is 5.96. The van der Waals surface area contributed by atoms with Gasteiger partial charge in [-0.25, -0.2) is 4.98 Å². The Kier molecular flexibility index (Phi) is 7.11. The summed E-state index contributed by atoms with van der Waals surface area (Å²) in [5.41, 5.74) is 1.39. The summed E-state index contributed by atoms with van der Waals surface area (Å²) in [6.45, 7) is 8.75. The molecule has 3 amide bonds. The van der Waals surface area contributed by atoms with Crippen LogP contribution < -0.4 is 5.32 Å². The number of halogens is 1. The van der Waals surface area contributed by atoms with Gasteiger partial charge in [-0.2, -0.15) is 0 Å². The van der Waals surface area contributed by atoms with Crippen LogP contribution in [0.2, 0.25) is 5.02 Å². The van der Waals surface area contributed by atoms with Gasteiger partial charge < -0.3 is 15.1 Å². The molecule has 1 aliphatic heterocycles. The number of aryl methyl sites for hydroxylation is 1. The lowest BCUT2D eigenvalue weighted by Gasteiger charge is -2.39. The minimum atomic E-state index is -0.117. The van der Waals surface area contributed by atoms with Crippen LogP contribution in [-0.2, 0) is 9.59 Å². The van der Waals surface area contributed by atoms with Gasteiger partial charge in [0.1, 0.15) is 0 Å². The Morgan fingerprint density at radius 1 is 1.30 bits per heavy atom. The molecule has 2 fully saturated rings. The van der Waals surface area contributed by atoms with E-state index in [1.807, 2.05) is 19.9 Å². The molecule has 2 aliphatic rings. The van der Waals surface area contributed by atoms with Gasteiger partial charge in [-0.3, -0.25) is 14.4 Å². The SMILES string of the molecule is C=CC(=O)N1CCN(C(=O)c2cc(Sc3cnc(NC(=O)C4CC4)s3)c(Cl)cc2C)C[C@H]1C.